The van der Waals surface area contributed by atoms with Gasteiger partial charge in [0.2, 0.25) is 6.79 Å². The van der Waals surface area contributed by atoms with Crippen molar-refractivity contribution in [2.75, 3.05) is 13.4 Å². The van der Waals surface area contributed by atoms with Gasteiger partial charge >= 0.3 is 0 Å². The molecular formula is C10H14ClNO3. The minimum absolute atomic E-state index is 0. The van der Waals surface area contributed by atoms with Gasteiger partial charge in [-0.05, 0) is 12.5 Å². The number of ether oxygens (including phenoxy) is 2. The highest BCUT2D eigenvalue weighted by Crippen LogP contribution is 2.38. The third-order valence-corrected chi connectivity index (χ3v) is 2.27. The number of aliphatic hydroxyl groups is 1. The highest BCUT2D eigenvalue weighted by Gasteiger charge is 2.20. The van der Waals surface area contributed by atoms with Gasteiger partial charge in [0, 0.05) is 18.2 Å². The van der Waals surface area contributed by atoms with Crippen LogP contribution in [0.25, 0.3) is 0 Å². The lowest BCUT2D eigenvalue weighted by Crippen LogP contribution is -2.12. The molecule has 0 radical (unpaired) electrons. The van der Waals surface area contributed by atoms with Gasteiger partial charge in [-0.1, -0.05) is 12.1 Å². The molecule has 1 aliphatic rings. The van der Waals surface area contributed by atoms with E-state index in [9.17, 15) is 0 Å². The molecule has 15 heavy (non-hydrogen) atoms. The van der Waals surface area contributed by atoms with Crippen molar-refractivity contribution in [1.82, 2.24) is 0 Å². The van der Waals surface area contributed by atoms with Crippen molar-refractivity contribution < 1.29 is 14.6 Å². The first-order valence-electron chi connectivity index (χ1n) is 4.58. The van der Waals surface area contributed by atoms with Crippen LogP contribution in [0, 0.1) is 0 Å². The summed E-state index contributed by atoms with van der Waals surface area (Å²) in [5.41, 5.74) is 6.78. The van der Waals surface area contributed by atoms with Crippen molar-refractivity contribution in [3.8, 4) is 11.5 Å². The van der Waals surface area contributed by atoms with Crippen molar-refractivity contribution >= 4 is 12.4 Å². The molecule has 1 heterocycles. The molecular weight excluding hydrogens is 218 g/mol. The van der Waals surface area contributed by atoms with E-state index in [1.807, 2.05) is 18.2 Å². The Hall–Kier alpha value is -0.970. The summed E-state index contributed by atoms with van der Waals surface area (Å²) in [5.74, 6) is 1.45. The lowest BCUT2D eigenvalue weighted by Gasteiger charge is -2.12. The number of aliphatic hydroxyl groups excluding tert-OH is 1. The van der Waals surface area contributed by atoms with Crippen molar-refractivity contribution in [3.05, 3.63) is 23.8 Å². The highest BCUT2D eigenvalue weighted by molar-refractivity contribution is 5.85. The van der Waals surface area contributed by atoms with Crippen LogP contribution in [0.5, 0.6) is 11.5 Å². The number of fused-ring (bicyclic) bond motifs is 1. The Labute approximate surface area is 94.4 Å². The normalized spacial score (nSPS) is 14.5. The molecule has 0 aliphatic carbocycles. The molecule has 0 fully saturated rings. The van der Waals surface area contributed by atoms with Gasteiger partial charge in [-0.25, -0.2) is 0 Å². The van der Waals surface area contributed by atoms with E-state index in [1.54, 1.807) is 0 Å². The van der Waals surface area contributed by atoms with Gasteiger partial charge in [0.1, 0.15) is 0 Å². The summed E-state index contributed by atoms with van der Waals surface area (Å²) >= 11 is 0. The number of hydrogen-bond acceptors (Lipinski definition) is 4. The first kappa shape index (κ1) is 12.1. The van der Waals surface area contributed by atoms with E-state index >= 15 is 0 Å². The summed E-state index contributed by atoms with van der Waals surface area (Å²) in [4.78, 5) is 0. The van der Waals surface area contributed by atoms with Gasteiger partial charge in [0.15, 0.2) is 11.5 Å². The molecule has 1 aromatic carbocycles. The third kappa shape index (κ3) is 2.34. The second kappa shape index (κ2) is 5.21. The van der Waals surface area contributed by atoms with E-state index < -0.39 is 0 Å². The molecule has 2 rings (SSSR count). The van der Waals surface area contributed by atoms with E-state index in [-0.39, 0.29) is 31.8 Å². The molecule has 0 saturated carbocycles. The minimum Gasteiger partial charge on any atom is -0.454 e. The number of nitrogens with two attached hydrogens (primary N) is 1. The maximum atomic E-state index is 8.79. The Morgan fingerprint density at radius 1 is 1.40 bits per heavy atom. The van der Waals surface area contributed by atoms with E-state index in [0.717, 1.165) is 11.3 Å². The number of para-hydroxylation sites is 1. The predicted octanol–water partition coefficient (Wildman–Crippen LogP) is 1.22. The molecule has 0 spiro atoms. The zero-order valence-electron chi connectivity index (χ0n) is 8.18. The Morgan fingerprint density at radius 3 is 2.93 bits per heavy atom. The molecule has 84 valence electrons. The van der Waals surface area contributed by atoms with E-state index in [2.05, 4.69) is 0 Å². The maximum absolute atomic E-state index is 8.79. The fourth-order valence-corrected chi connectivity index (χ4v) is 1.54. The van der Waals surface area contributed by atoms with Crippen LogP contribution < -0.4 is 15.2 Å². The van der Waals surface area contributed by atoms with Crippen molar-refractivity contribution in [1.29, 1.82) is 0 Å². The standard InChI is InChI=1S/C10H13NO3.ClH/c11-8(4-5-12)7-2-1-3-9-10(7)14-6-13-9;/h1-3,8,12H,4-6,11H2;1H. The van der Waals surface area contributed by atoms with E-state index in [4.69, 9.17) is 20.3 Å². The van der Waals surface area contributed by atoms with Gasteiger partial charge in [0.25, 0.3) is 0 Å². The monoisotopic (exact) mass is 231 g/mol. The molecule has 1 aromatic rings. The quantitative estimate of drug-likeness (QED) is 0.821. The molecule has 0 saturated heterocycles. The summed E-state index contributed by atoms with van der Waals surface area (Å²) in [6.45, 7) is 0.323. The highest BCUT2D eigenvalue weighted by atomic mass is 35.5. The van der Waals surface area contributed by atoms with Crippen LogP contribution in [0.2, 0.25) is 0 Å². The predicted molar refractivity (Wildman–Crippen MR) is 58.4 cm³/mol. The average molecular weight is 232 g/mol. The Kier molecular flexibility index (Phi) is 4.20. The number of hydrogen-bond donors (Lipinski definition) is 2. The summed E-state index contributed by atoms with van der Waals surface area (Å²) in [7, 11) is 0. The van der Waals surface area contributed by atoms with Gasteiger partial charge in [0.05, 0.1) is 0 Å². The summed E-state index contributed by atoms with van der Waals surface area (Å²) in [5, 5.41) is 8.79. The van der Waals surface area contributed by atoms with E-state index in [1.165, 1.54) is 0 Å². The minimum atomic E-state index is -0.198. The zero-order chi connectivity index (χ0) is 9.97. The first-order chi connectivity index (χ1) is 6.83. The Bertz CT molecular complexity index is 332. The molecule has 0 aromatic heterocycles. The van der Waals surface area contributed by atoms with Crippen LogP contribution in [0.15, 0.2) is 18.2 Å². The van der Waals surface area contributed by atoms with Crippen LogP contribution in [0.4, 0.5) is 0 Å². The molecule has 4 nitrogen and oxygen atoms in total. The fraction of sp³-hybridized carbons (Fsp3) is 0.400. The molecule has 0 amide bonds. The lowest BCUT2D eigenvalue weighted by molar-refractivity contribution is 0.172. The van der Waals surface area contributed by atoms with Crippen LogP contribution in [-0.2, 0) is 0 Å². The topological polar surface area (TPSA) is 64.7 Å². The van der Waals surface area contributed by atoms with Crippen molar-refractivity contribution in [2.24, 2.45) is 5.73 Å². The molecule has 1 atom stereocenters. The van der Waals surface area contributed by atoms with Crippen LogP contribution >= 0.6 is 12.4 Å². The Balaban J connectivity index is 0.00000112. The van der Waals surface area contributed by atoms with Crippen LogP contribution in [-0.4, -0.2) is 18.5 Å². The molecule has 3 N–H and O–H groups in total. The number of halogens is 1. The Morgan fingerprint density at radius 2 is 2.20 bits per heavy atom. The largest absolute Gasteiger partial charge is 0.454 e. The van der Waals surface area contributed by atoms with Gasteiger partial charge in [-0.15, -0.1) is 12.4 Å². The zero-order valence-corrected chi connectivity index (χ0v) is 9.00. The summed E-state index contributed by atoms with van der Waals surface area (Å²) in [6.07, 6.45) is 0.528. The molecule has 1 unspecified atom stereocenters. The average Bonchev–Trinajstić information content (AvgIpc) is 2.65. The maximum Gasteiger partial charge on any atom is 0.231 e. The number of benzene rings is 1. The number of rotatable bonds is 3. The second-order valence-electron chi connectivity index (χ2n) is 3.20. The molecule has 1 aliphatic heterocycles. The molecule has 5 heteroatoms. The fourth-order valence-electron chi connectivity index (χ4n) is 1.54. The SMILES string of the molecule is Cl.NC(CCO)c1cccc2c1OCO2. The summed E-state index contributed by atoms with van der Waals surface area (Å²) < 4.78 is 10.5. The van der Waals surface area contributed by atoms with Crippen molar-refractivity contribution in [3.63, 3.8) is 0 Å². The smallest absolute Gasteiger partial charge is 0.231 e. The van der Waals surface area contributed by atoms with Gasteiger partial charge in [-0.3, -0.25) is 0 Å². The van der Waals surface area contributed by atoms with Crippen LogP contribution in [0.3, 0.4) is 0 Å². The summed E-state index contributed by atoms with van der Waals surface area (Å²) in [6, 6.07) is 5.42. The van der Waals surface area contributed by atoms with Gasteiger partial charge in [-0.2, -0.15) is 0 Å². The van der Waals surface area contributed by atoms with Crippen LogP contribution in [0.1, 0.15) is 18.0 Å². The van der Waals surface area contributed by atoms with Crippen molar-refractivity contribution in [2.45, 2.75) is 12.5 Å². The first-order valence-corrected chi connectivity index (χ1v) is 4.58. The van der Waals surface area contributed by atoms with Gasteiger partial charge < -0.3 is 20.3 Å². The second-order valence-corrected chi connectivity index (χ2v) is 3.20. The van der Waals surface area contributed by atoms with E-state index in [0.29, 0.717) is 12.2 Å². The lowest BCUT2D eigenvalue weighted by atomic mass is 10.0. The third-order valence-electron chi connectivity index (χ3n) is 2.27. The molecule has 0 bridgehead atoms.